The van der Waals surface area contributed by atoms with Gasteiger partial charge < -0.3 is 14.5 Å². The SMILES string of the molecule is COc1ccc(C(=O)N2CCN(c3ncccc3Cl)CC2)cc1C#Cc1ccccc1F. The summed E-state index contributed by atoms with van der Waals surface area (Å²) in [5.74, 6) is 6.54. The van der Waals surface area contributed by atoms with Gasteiger partial charge >= 0.3 is 0 Å². The van der Waals surface area contributed by atoms with E-state index in [1.54, 1.807) is 53.6 Å². The Bertz CT molecular complexity index is 1200. The van der Waals surface area contributed by atoms with Crippen molar-refractivity contribution in [2.24, 2.45) is 0 Å². The van der Waals surface area contributed by atoms with Crippen molar-refractivity contribution >= 4 is 23.3 Å². The fraction of sp³-hybridized carbons (Fsp3) is 0.200. The Morgan fingerprint density at radius 3 is 2.50 bits per heavy atom. The van der Waals surface area contributed by atoms with Gasteiger partial charge in [0.15, 0.2) is 0 Å². The summed E-state index contributed by atoms with van der Waals surface area (Å²) in [6, 6.07) is 15.0. The number of hydrogen-bond donors (Lipinski definition) is 0. The van der Waals surface area contributed by atoms with Gasteiger partial charge in [0.2, 0.25) is 0 Å². The molecule has 0 radical (unpaired) electrons. The molecule has 162 valence electrons. The van der Waals surface area contributed by atoms with E-state index < -0.39 is 5.82 Å². The number of hydrogen-bond acceptors (Lipinski definition) is 4. The molecule has 3 aromatic rings. The molecule has 2 heterocycles. The Balaban J connectivity index is 1.51. The smallest absolute Gasteiger partial charge is 0.254 e. The lowest BCUT2D eigenvalue weighted by molar-refractivity contribution is 0.0746. The molecule has 0 aliphatic carbocycles. The van der Waals surface area contributed by atoms with Gasteiger partial charge in [-0.2, -0.15) is 0 Å². The minimum Gasteiger partial charge on any atom is -0.495 e. The summed E-state index contributed by atoms with van der Waals surface area (Å²) < 4.78 is 19.3. The second-order valence-electron chi connectivity index (χ2n) is 7.23. The van der Waals surface area contributed by atoms with Crippen LogP contribution in [0.1, 0.15) is 21.5 Å². The molecule has 1 fully saturated rings. The Kier molecular flexibility index (Phi) is 6.58. The molecule has 0 saturated carbocycles. The Hall–Kier alpha value is -3.56. The van der Waals surface area contributed by atoms with Crippen molar-refractivity contribution in [3.8, 4) is 17.6 Å². The van der Waals surface area contributed by atoms with Gasteiger partial charge in [0.05, 0.1) is 23.3 Å². The van der Waals surface area contributed by atoms with E-state index in [4.69, 9.17) is 16.3 Å². The van der Waals surface area contributed by atoms with Crippen LogP contribution in [0.3, 0.4) is 0 Å². The van der Waals surface area contributed by atoms with E-state index in [2.05, 4.69) is 21.7 Å². The number of rotatable bonds is 3. The van der Waals surface area contributed by atoms with Crippen molar-refractivity contribution in [1.82, 2.24) is 9.88 Å². The van der Waals surface area contributed by atoms with E-state index in [9.17, 15) is 9.18 Å². The van der Waals surface area contributed by atoms with Crippen molar-refractivity contribution in [3.05, 3.63) is 88.3 Å². The van der Waals surface area contributed by atoms with E-state index >= 15 is 0 Å². The predicted molar refractivity (Wildman–Crippen MR) is 123 cm³/mol. The number of halogens is 2. The zero-order valence-electron chi connectivity index (χ0n) is 17.5. The molecule has 0 unspecified atom stereocenters. The van der Waals surface area contributed by atoms with Crippen LogP contribution in [-0.2, 0) is 0 Å². The predicted octanol–water partition coefficient (Wildman–Crippen LogP) is 4.24. The Labute approximate surface area is 191 Å². The second kappa shape index (κ2) is 9.71. The Morgan fingerprint density at radius 2 is 1.78 bits per heavy atom. The van der Waals surface area contributed by atoms with Gasteiger partial charge in [-0.3, -0.25) is 4.79 Å². The third kappa shape index (κ3) is 4.68. The molecule has 4 rings (SSSR count). The molecule has 1 amide bonds. The summed E-state index contributed by atoms with van der Waals surface area (Å²) in [6.07, 6.45) is 1.71. The molecule has 1 aromatic heterocycles. The van der Waals surface area contributed by atoms with Crippen LogP contribution in [0.4, 0.5) is 10.2 Å². The lowest BCUT2D eigenvalue weighted by Crippen LogP contribution is -2.49. The highest BCUT2D eigenvalue weighted by Crippen LogP contribution is 2.24. The summed E-state index contributed by atoms with van der Waals surface area (Å²) in [5.41, 5.74) is 1.32. The van der Waals surface area contributed by atoms with E-state index in [-0.39, 0.29) is 11.5 Å². The van der Waals surface area contributed by atoms with Gasteiger partial charge in [0.25, 0.3) is 5.91 Å². The molecule has 1 saturated heterocycles. The third-order valence-electron chi connectivity index (χ3n) is 5.26. The van der Waals surface area contributed by atoms with Crippen LogP contribution in [0.5, 0.6) is 5.75 Å². The van der Waals surface area contributed by atoms with Crippen LogP contribution in [0.25, 0.3) is 0 Å². The van der Waals surface area contributed by atoms with E-state index in [1.165, 1.54) is 13.2 Å². The van der Waals surface area contributed by atoms with Crippen LogP contribution in [0, 0.1) is 17.7 Å². The number of nitrogens with zero attached hydrogens (tertiary/aromatic N) is 3. The number of pyridine rings is 1. The highest BCUT2D eigenvalue weighted by atomic mass is 35.5. The maximum atomic E-state index is 13.9. The summed E-state index contributed by atoms with van der Waals surface area (Å²) in [5, 5.41) is 0.598. The first-order valence-electron chi connectivity index (χ1n) is 10.2. The van der Waals surface area contributed by atoms with E-state index in [1.807, 2.05) is 6.07 Å². The van der Waals surface area contributed by atoms with Crippen molar-refractivity contribution in [3.63, 3.8) is 0 Å². The molecule has 0 N–H and O–H groups in total. The number of carbonyl (C=O) groups is 1. The largest absolute Gasteiger partial charge is 0.495 e. The monoisotopic (exact) mass is 449 g/mol. The van der Waals surface area contributed by atoms with Gasteiger partial charge in [-0.15, -0.1) is 0 Å². The summed E-state index contributed by atoms with van der Waals surface area (Å²) in [6.45, 7) is 2.37. The second-order valence-corrected chi connectivity index (χ2v) is 7.64. The van der Waals surface area contributed by atoms with Gasteiger partial charge in [-0.25, -0.2) is 9.37 Å². The quantitative estimate of drug-likeness (QED) is 0.561. The first-order chi connectivity index (χ1) is 15.6. The standard InChI is InChI=1S/C25H21ClFN3O2/c1-32-23-11-10-20(17-19(23)9-8-18-5-2-3-7-22(18)27)25(31)30-15-13-29(14-16-30)24-21(26)6-4-12-28-24/h2-7,10-12,17H,13-16H2,1H3. The maximum absolute atomic E-state index is 13.9. The maximum Gasteiger partial charge on any atom is 0.254 e. The summed E-state index contributed by atoms with van der Waals surface area (Å²) in [7, 11) is 1.53. The van der Waals surface area contributed by atoms with Crippen molar-refractivity contribution < 1.29 is 13.9 Å². The zero-order chi connectivity index (χ0) is 22.5. The number of aromatic nitrogens is 1. The van der Waals surface area contributed by atoms with Gasteiger partial charge in [-0.05, 0) is 42.5 Å². The normalized spacial score (nSPS) is 13.3. The van der Waals surface area contributed by atoms with Crippen LogP contribution in [0.2, 0.25) is 5.02 Å². The molecule has 2 aromatic carbocycles. The van der Waals surface area contributed by atoms with Gasteiger partial charge in [0.1, 0.15) is 17.4 Å². The molecular formula is C25H21ClFN3O2. The van der Waals surface area contributed by atoms with Crippen molar-refractivity contribution in [1.29, 1.82) is 0 Å². The average Bonchev–Trinajstić information content (AvgIpc) is 2.83. The molecule has 32 heavy (non-hydrogen) atoms. The Morgan fingerprint density at radius 1 is 1.03 bits per heavy atom. The molecule has 0 atom stereocenters. The number of benzene rings is 2. The molecule has 5 nitrogen and oxygen atoms in total. The number of piperazine rings is 1. The lowest BCUT2D eigenvalue weighted by atomic mass is 10.1. The minimum absolute atomic E-state index is 0.0895. The van der Waals surface area contributed by atoms with E-state index in [0.717, 1.165) is 5.82 Å². The van der Waals surface area contributed by atoms with Crippen LogP contribution >= 0.6 is 11.6 Å². The first-order valence-corrected chi connectivity index (χ1v) is 10.5. The number of ether oxygens (including phenoxy) is 1. The molecule has 0 bridgehead atoms. The zero-order valence-corrected chi connectivity index (χ0v) is 18.3. The highest BCUT2D eigenvalue weighted by Gasteiger charge is 2.24. The fourth-order valence-electron chi connectivity index (χ4n) is 3.55. The molecule has 1 aliphatic rings. The summed E-state index contributed by atoms with van der Waals surface area (Å²) >= 11 is 6.25. The topological polar surface area (TPSA) is 45.7 Å². The molecule has 7 heteroatoms. The van der Waals surface area contributed by atoms with Crippen molar-refractivity contribution in [2.75, 3.05) is 38.2 Å². The summed E-state index contributed by atoms with van der Waals surface area (Å²) in [4.78, 5) is 21.3. The van der Waals surface area contributed by atoms with E-state index in [0.29, 0.717) is 48.1 Å². The fourth-order valence-corrected chi connectivity index (χ4v) is 3.79. The molecule has 0 spiro atoms. The molecular weight excluding hydrogens is 429 g/mol. The van der Waals surface area contributed by atoms with Crippen LogP contribution in [0.15, 0.2) is 60.8 Å². The van der Waals surface area contributed by atoms with Crippen LogP contribution in [-0.4, -0.2) is 49.1 Å². The van der Waals surface area contributed by atoms with Crippen LogP contribution < -0.4 is 9.64 Å². The number of amides is 1. The third-order valence-corrected chi connectivity index (χ3v) is 5.55. The van der Waals surface area contributed by atoms with Gasteiger partial charge in [-0.1, -0.05) is 35.6 Å². The van der Waals surface area contributed by atoms with Gasteiger partial charge in [0, 0.05) is 37.9 Å². The minimum atomic E-state index is -0.392. The lowest BCUT2D eigenvalue weighted by Gasteiger charge is -2.35. The molecule has 1 aliphatic heterocycles. The number of anilines is 1. The van der Waals surface area contributed by atoms with Crippen molar-refractivity contribution in [2.45, 2.75) is 0 Å². The first kappa shape index (κ1) is 21.7. The number of methoxy groups -OCH3 is 1. The average molecular weight is 450 g/mol. The highest BCUT2D eigenvalue weighted by molar-refractivity contribution is 6.32. The number of carbonyl (C=O) groups excluding carboxylic acids is 1.